The summed E-state index contributed by atoms with van der Waals surface area (Å²) in [6, 6.07) is 31.7. The molecule has 1 N–H and O–H groups in total. The molecule has 0 atom stereocenters. The normalized spacial score (nSPS) is 13.5. The third-order valence-electron chi connectivity index (χ3n) is 4.34. The Morgan fingerprint density at radius 1 is 0.731 bits per heavy atom. The summed E-state index contributed by atoms with van der Waals surface area (Å²) in [4.78, 5) is 0. The quantitative estimate of drug-likeness (QED) is 0.335. The van der Waals surface area contributed by atoms with Gasteiger partial charge in [0.15, 0.2) is 0 Å². The molecule has 0 spiro atoms. The molecule has 3 aromatic carbocycles. The average Bonchev–Trinajstić information content (AvgIpc) is 2.70. The fraction of sp³-hybridized carbons (Fsp3) is 0.136. The van der Waals surface area contributed by atoms with Gasteiger partial charge in [0.05, 0.1) is 0 Å². The van der Waals surface area contributed by atoms with E-state index in [9.17, 15) is 0 Å². The Morgan fingerprint density at radius 2 is 1.08 bits per heavy atom. The Hall–Kier alpha value is -1.96. The fourth-order valence-corrected chi connectivity index (χ4v) is 9.16. The molecular formula is C22H24BrN2P. The molecule has 0 saturated heterocycles. The first-order chi connectivity index (χ1) is 12.6. The van der Waals surface area contributed by atoms with Crippen molar-refractivity contribution in [2.24, 2.45) is 11.0 Å². The van der Waals surface area contributed by atoms with Gasteiger partial charge in [-0.1, -0.05) is 0 Å². The average molecular weight is 427 g/mol. The van der Waals surface area contributed by atoms with Crippen molar-refractivity contribution in [1.29, 1.82) is 0 Å². The maximum absolute atomic E-state index is 4.68. The van der Waals surface area contributed by atoms with Gasteiger partial charge in [0, 0.05) is 0 Å². The van der Waals surface area contributed by atoms with Gasteiger partial charge >= 0.3 is 164 Å². The predicted molar refractivity (Wildman–Crippen MR) is 121 cm³/mol. The van der Waals surface area contributed by atoms with Crippen LogP contribution < -0.4 is 21.1 Å². The molecule has 3 aromatic rings. The predicted octanol–water partition coefficient (Wildman–Crippen LogP) is 4.97. The Labute approximate surface area is 164 Å². The molecule has 0 aromatic heterocycles. The van der Waals surface area contributed by atoms with Crippen molar-refractivity contribution in [3.63, 3.8) is 0 Å². The van der Waals surface area contributed by atoms with E-state index < -0.39 is 5.46 Å². The molecule has 0 fully saturated rings. The molecule has 4 heteroatoms. The van der Waals surface area contributed by atoms with Crippen LogP contribution in [0.2, 0.25) is 0 Å². The van der Waals surface area contributed by atoms with Crippen LogP contribution in [0.25, 0.3) is 0 Å². The number of hydrogen-bond acceptors (Lipinski definition) is 2. The van der Waals surface area contributed by atoms with Crippen LogP contribution >= 0.6 is 20.9 Å². The zero-order valence-corrected chi connectivity index (χ0v) is 17.6. The molecule has 0 saturated carbocycles. The number of nitrogens with zero attached hydrogens (tertiary/aromatic N) is 1. The van der Waals surface area contributed by atoms with Gasteiger partial charge in [-0.05, 0) is 0 Å². The van der Waals surface area contributed by atoms with Crippen LogP contribution in [-0.2, 0) is 0 Å². The van der Waals surface area contributed by atoms with Gasteiger partial charge in [0.25, 0.3) is 0 Å². The van der Waals surface area contributed by atoms with E-state index in [-0.39, 0.29) is 0 Å². The van der Waals surface area contributed by atoms with E-state index in [0.717, 1.165) is 0 Å². The molecule has 134 valence electrons. The standard InChI is InChI=1S/C22H24BrN2P/c1-19(2)18-24-25-26(23,20-12-6-3-7-13-20,21-14-8-4-9-15-21)22-16-10-5-11-17-22/h3-19,25H,1-2H3. The van der Waals surface area contributed by atoms with E-state index in [0.29, 0.717) is 5.92 Å². The molecule has 0 unspecified atom stereocenters. The van der Waals surface area contributed by atoms with Gasteiger partial charge < -0.3 is 0 Å². The first-order valence-corrected chi connectivity index (χ1v) is 13.0. The van der Waals surface area contributed by atoms with Crippen molar-refractivity contribution in [2.75, 3.05) is 0 Å². The Morgan fingerprint density at radius 3 is 1.38 bits per heavy atom. The summed E-state index contributed by atoms with van der Waals surface area (Å²) in [5.41, 5.74) is -3.14. The zero-order valence-electron chi connectivity index (χ0n) is 15.1. The summed E-state index contributed by atoms with van der Waals surface area (Å²) < 4.78 is 0. The topological polar surface area (TPSA) is 24.4 Å². The zero-order chi connectivity index (χ0) is 18.5. The molecule has 0 bridgehead atoms. The third-order valence-corrected chi connectivity index (χ3v) is 12.8. The van der Waals surface area contributed by atoms with Crippen LogP contribution in [0.15, 0.2) is 96.1 Å². The molecular weight excluding hydrogens is 403 g/mol. The van der Waals surface area contributed by atoms with E-state index in [1.165, 1.54) is 15.9 Å². The van der Waals surface area contributed by atoms with Crippen LogP contribution in [0.5, 0.6) is 0 Å². The Balaban J connectivity index is 2.35. The number of benzene rings is 3. The molecule has 3 rings (SSSR count). The van der Waals surface area contributed by atoms with E-state index in [2.05, 4.69) is 112 Å². The monoisotopic (exact) mass is 426 g/mol. The Kier molecular flexibility index (Phi) is 5.60. The summed E-state index contributed by atoms with van der Waals surface area (Å²) in [6.45, 7) is 4.25. The SMILES string of the molecule is CC(C)C=NNP(Br)(c1ccccc1)(c1ccccc1)c1ccccc1. The summed E-state index contributed by atoms with van der Waals surface area (Å²) in [5.74, 6) is 0.367. The summed E-state index contributed by atoms with van der Waals surface area (Å²) >= 11 is 4.27. The van der Waals surface area contributed by atoms with Gasteiger partial charge in [-0.2, -0.15) is 0 Å². The molecule has 0 heterocycles. The number of hydrogen-bond donors (Lipinski definition) is 1. The minimum absolute atomic E-state index is 0.367. The third kappa shape index (κ3) is 3.34. The summed E-state index contributed by atoms with van der Waals surface area (Å²) in [6.07, 6.45) is 1.96. The molecule has 0 aliphatic heterocycles. The molecule has 26 heavy (non-hydrogen) atoms. The van der Waals surface area contributed by atoms with Crippen molar-refractivity contribution in [2.45, 2.75) is 13.8 Å². The molecule has 2 nitrogen and oxygen atoms in total. The summed E-state index contributed by atoms with van der Waals surface area (Å²) in [7, 11) is 0. The van der Waals surface area contributed by atoms with Gasteiger partial charge in [-0.25, -0.2) is 0 Å². The van der Waals surface area contributed by atoms with Crippen molar-refractivity contribution in [1.82, 2.24) is 5.20 Å². The molecule has 0 aliphatic rings. The second kappa shape index (κ2) is 7.73. The fourth-order valence-electron chi connectivity index (χ4n) is 3.04. The van der Waals surface area contributed by atoms with Crippen LogP contribution in [0.4, 0.5) is 0 Å². The van der Waals surface area contributed by atoms with Crippen LogP contribution in [-0.4, -0.2) is 6.21 Å². The second-order valence-corrected chi connectivity index (χ2v) is 14.7. The molecule has 0 aliphatic carbocycles. The van der Waals surface area contributed by atoms with E-state index in [1.54, 1.807) is 0 Å². The van der Waals surface area contributed by atoms with Crippen molar-refractivity contribution in [3.05, 3.63) is 91.0 Å². The van der Waals surface area contributed by atoms with Crippen molar-refractivity contribution >= 4 is 43.1 Å². The van der Waals surface area contributed by atoms with Gasteiger partial charge in [-0.15, -0.1) is 0 Å². The Bertz CT molecular complexity index is 765. The first kappa shape index (κ1) is 18.8. The number of rotatable bonds is 6. The number of hydrazone groups is 1. The van der Waals surface area contributed by atoms with E-state index in [4.69, 9.17) is 0 Å². The maximum atomic E-state index is 4.68. The van der Waals surface area contributed by atoms with Crippen molar-refractivity contribution in [3.8, 4) is 0 Å². The number of halogens is 1. The molecule has 0 amide bonds. The van der Waals surface area contributed by atoms with Crippen LogP contribution in [0.3, 0.4) is 0 Å². The number of nitrogens with one attached hydrogen (secondary N) is 1. The van der Waals surface area contributed by atoms with Crippen molar-refractivity contribution < 1.29 is 0 Å². The van der Waals surface area contributed by atoms with Crippen LogP contribution in [0.1, 0.15) is 13.8 Å². The van der Waals surface area contributed by atoms with Crippen LogP contribution in [0, 0.1) is 5.92 Å². The second-order valence-electron chi connectivity index (χ2n) is 6.64. The van der Waals surface area contributed by atoms with E-state index in [1.807, 2.05) is 24.4 Å². The van der Waals surface area contributed by atoms with Gasteiger partial charge in [0.2, 0.25) is 0 Å². The van der Waals surface area contributed by atoms with Gasteiger partial charge in [0.1, 0.15) is 0 Å². The first-order valence-electron chi connectivity index (χ1n) is 8.77. The van der Waals surface area contributed by atoms with Gasteiger partial charge in [-0.3, -0.25) is 0 Å². The van der Waals surface area contributed by atoms with E-state index >= 15 is 0 Å². The molecule has 0 radical (unpaired) electrons. The summed E-state index contributed by atoms with van der Waals surface area (Å²) in [5, 5.41) is 11.9. The minimum atomic E-state index is -3.14.